The lowest BCUT2D eigenvalue weighted by molar-refractivity contribution is -0.383. The van der Waals surface area contributed by atoms with Crippen molar-refractivity contribution < 1.29 is 9.66 Å². The third kappa shape index (κ3) is 4.30. The molecule has 1 aromatic rings. The van der Waals surface area contributed by atoms with Crippen molar-refractivity contribution in [2.75, 3.05) is 43.6 Å². The summed E-state index contributed by atoms with van der Waals surface area (Å²) in [5, 5.41) is 14.2. The van der Waals surface area contributed by atoms with Gasteiger partial charge in [0.1, 0.15) is 6.33 Å². The van der Waals surface area contributed by atoms with Gasteiger partial charge in [-0.3, -0.25) is 10.1 Å². The number of ether oxygens (including phenoxy) is 1. The first-order valence-electron chi connectivity index (χ1n) is 6.63. The van der Waals surface area contributed by atoms with E-state index in [-0.39, 0.29) is 11.5 Å². The zero-order chi connectivity index (χ0) is 15.0. The summed E-state index contributed by atoms with van der Waals surface area (Å²) in [6.45, 7) is 6.14. The predicted molar refractivity (Wildman–Crippen MR) is 77.2 cm³/mol. The van der Waals surface area contributed by atoms with E-state index in [1.165, 1.54) is 6.33 Å². The number of hydrogen-bond acceptors (Lipinski definition) is 7. The van der Waals surface area contributed by atoms with Gasteiger partial charge in [0.25, 0.3) is 0 Å². The molecule has 0 saturated heterocycles. The Bertz CT molecular complexity index is 441. The monoisotopic (exact) mass is 283 g/mol. The highest BCUT2D eigenvalue weighted by Gasteiger charge is 2.25. The van der Waals surface area contributed by atoms with Gasteiger partial charge in [-0.1, -0.05) is 6.92 Å². The van der Waals surface area contributed by atoms with Crippen LogP contribution in [0, 0.1) is 10.1 Å². The quantitative estimate of drug-likeness (QED) is 0.418. The van der Waals surface area contributed by atoms with Crippen LogP contribution in [-0.2, 0) is 4.74 Å². The standard InChI is InChI=1S/C12H21N5O3/c1-4-6-13-11-10(17(18)19)12(15-9-14-11)16(3)7-8-20-5-2/h9H,4-8H2,1-3H3,(H,13,14,15). The molecule has 8 heteroatoms. The van der Waals surface area contributed by atoms with Crippen molar-refractivity contribution in [3.8, 4) is 0 Å². The molecule has 0 aromatic carbocycles. The molecule has 1 N–H and O–H groups in total. The number of rotatable bonds is 9. The van der Waals surface area contributed by atoms with Gasteiger partial charge < -0.3 is 15.0 Å². The molecule has 0 bridgehead atoms. The fourth-order valence-corrected chi connectivity index (χ4v) is 1.64. The third-order valence-electron chi connectivity index (χ3n) is 2.66. The van der Waals surface area contributed by atoms with Crippen LogP contribution in [0.3, 0.4) is 0 Å². The molecule has 0 unspecified atom stereocenters. The SMILES string of the molecule is CCCNc1ncnc(N(C)CCOCC)c1[N+](=O)[O-]. The lowest BCUT2D eigenvalue weighted by Crippen LogP contribution is -2.25. The lowest BCUT2D eigenvalue weighted by atomic mass is 10.3. The first-order valence-corrected chi connectivity index (χ1v) is 6.63. The van der Waals surface area contributed by atoms with E-state index in [4.69, 9.17) is 4.74 Å². The number of nitrogens with zero attached hydrogens (tertiary/aromatic N) is 4. The molecule has 0 aliphatic heterocycles. The predicted octanol–water partition coefficient (Wildman–Crippen LogP) is 1.68. The molecule has 8 nitrogen and oxygen atoms in total. The maximum atomic E-state index is 11.3. The average molecular weight is 283 g/mol. The Hall–Kier alpha value is -1.96. The van der Waals surface area contributed by atoms with Gasteiger partial charge in [0.2, 0.25) is 11.6 Å². The second-order valence-corrected chi connectivity index (χ2v) is 4.20. The topological polar surface area (TPSA) is 93.4 Å². The molecule has 112 valence electrons. The highest BCUT2D eigenvalue weighted by Crippen LogP contribution is 2.30. The van der Waals surface area contributed by atoms with Crippen LogP contribution in [0.15, 0.2) is 6.33 Å². The maximum Gasteiger partial charge on any atom is 0.353 e. The summed E-state index contributed by atoms with van der Waals surface area (Å²) in [4.78, 5) is 20.5. The average Bonchev–Trinajstić information content (AvgIpc) is 2.44. The van der Waals surface area contributed by atoms with Gasteiger partial charge in [-0.05, 0) is 13.3 Å². The molecule has 0 fully saturated rings. The number of likely N-dealkylation sites (N-methyl/N-ethyl adjacent to an activating group) is 1. The van der Waals surface area contributed by atoms with Crippen LogP contribution in [0.1, 0.15) is 20.3 Å². The summed E-state index contributed by atoms with van der Waals surface area (Å²) in [6.07, 6.45) is 2.19. The molecule has 20 heavy (non-hydrogen) atoms. The number of hydrogen-bond donors (Lipinski definition) is 1. The second kappa shape index (κ2) is 8.26. The smallest absolute Gasteiger partial charge is 0.353 e. The largest absolute Gasteiger partial charge is 0.380 e. The summed E-state index contributed by atoms with van der Waals surface area (Å²) < 4.78 is 5.25. The van der Waals surface area contributed by atoms with Crippen molar-refractivity contribution in [2.45, 2.75) is 20.3 Å². The van der Waals surface area contributed by atoms with Crippen molar-refractivity contribution >= 4 is 17.3 Å². The lowest BCUT2D eigenvalue weighted by Gasteiger charge is -2.18. The first-order chi connectivity index (χ1) is 9.61. The van der Waals surface area contributed by atoms with Gasteiger partial charge in [-0.25, -0.2) is 9.97 Å². The van der Waals surface area contributed by atoms with E-state index >= 15 is 0 Å². The Balaban J connectivity index is 2.96. The van der Waals surface area contributed by atoms with Crippen LogP contribution in [0.5, 0.6) is 0 Å². The van der Waals surface area contributed by atoms with Crippen molar-refractivity contribution in [3.63, 3.8) is 0 Å². The van der Waals surface area contributed by atoms with Gasteiger partial charge in [0.15, 0.2) is 0 Å². The fraction of sp³-hybridized carbons (Fsp3) is 0.667. The van der Waals surface area contributed by atoms with Crippen LogP contribution in [0.4, 0.5) is 17.3 Å². The van der Waals surface area contributed by atoms with Crippen LogP contribution >= 0.6 is 0 Å². The summed E-state index contributed by atoms with van der Waals surface area (Å²) >= 11 is 0. The molecule has 0 aliphatic carbocycles. The minimum Gasteiger partial charge on any atom is -0.380 e. The summed E-state index contributed by atoms with van der Waals surface area (Å²) in [5.74, 6) is 0.549. The maximum absolute atomic E-state index is 11.3. The Kier molecular flexibility index (Phi) is 6.65. The van der Waals surface area contributed by atoms with Crippen LogP contribution in [0.2, 0.25) is 0 Å². The molecule has 0 radical (unpaired) electrons. The zero-order valence-corrected chi connectivity index (χ0v) is 12.1. The Morgan fingerprint density at radius 1 is 1.45 bits per heavy atom. The summed E-state index contributed by atoms with van der Waals surface area (Å²) in [5.41, 5.74) is -0.0973. The molecule has 1 aromatic heterocycles. The van der Waals surface area contributed by atoms with Crippen LogP contribution in [-0.4, -0.2) is 48.2 Å². The van der Waals surface area contributed by atoms with E-state index in [0.717, 1.165) is 6.42 Å². The van der Waals surface area contributed by atoms with Crippen molar-refractivity contribution in [3.05, 3.63) is 16.4 Å². The molecule has 1 heterocycles. The van der Waals surface area contributed by atoms with Crippen LogP contribution < -0.4 is 10.2 Å². The van der Waals surface area contributed by atoms with Crippen molar-refractivity contribution in [1.82, 2.24) is 9.97 Å². The minimum atomic E-state index is -0.454. The molecular formula is C12H21N5O3. The summed E-state index contributed by atoms with van der Waals surface area (Å²) in [7, 11) is 1.75. The van der Waals surface area contributed by atoms with Gasteiger partial charge >= 0.3 is 5.69 Å². The Morgan fingerprint density at radius 2 is 2.20 bits per heavy atom. The first kappa shape index (κ1) is 16.1. The van der Waals surface area contributed by atoms with Gasteiger partial charge in [-0.15, -0.1) is 0 Å². The molecule has 1 rings (SSSR count). The van der Waals surface area contributed by atoms with Gasteiger partial charge in [0, 0.05) is 26.7 Å². The Morgan fingerprint density at radius 3 is 2.80 bits per heavy atom. The normalized spacial score (nSPS) is 10.3. The number of anilines is 2. The highest BCUT2D eigenvalue weighted by atomic mass is 16.6. The van der Waals surface area contributed by atoms with E-state index < -0.39 is 4.92 Å². The second-order valence-electron chi connectivity index (χ2n) is 4.20. The molecule has 0 aliphatic rings. The van der Waals surface area contributed by atoms with Gasteiger partial charge in [0.05, 0.1) is 11.5 Å². The molecule has 0 saturated carbocycles. The number of aromatic nitrogens is 2. The highest BCUT2D eigenvalue weighted by molar-refractivity contribution is 5.70. The number of nitrogens with one attached hydrogen (secondary N) is 1. The summed E-state index contributed by atoms with van der Waals surface area (Å²) in [6, 6.07) is 0. The third-order valence-corrected chi connectivity index (χ3v) is 2.66. The van der Waals surface area contributed by atoms with Crippen LogP contribution in [0.25, 0.3) is 0 Å². The Labute approximate surface area is 118 Å². The van der Waals surface area contributed by atoms with Crippen molar-refractivity contribution in [1.29, 1.82) is 0 Å². The minimum absolute atomic E-state index is 0.0973. The van der Waals surface area contributed by atoms with E-state index in [1.54, 1.807) is 11.9 Å². The molecule has 0 atom stereocenters. The molecular weight excluding hydrogens is 262 g/mol. The number of nitro groups is 1. The van der Waals surface area contributed by atoms with Crippen molar-refractivity contribution in [2.24, 2.45) is 0 Å². The van der Waals surface area contributed by atoms with E-state index in [0.29, 0.717) is 32.1 Å². The van der Waals surface area contributed by atoms with E-state index in [1.807, 2.05) is 13.8 Å². The van der Waals surface area contributed by atoms with E-state index in [9.17, 15) is 10.1 Å². The molecule has 0 amide bonds. The van der Waals surface area contributed by atoms with E-state index in [2.05, 4.69) is 15.3 Å². The zero-order valence-electron chi connectivity index (χ0n) is 12.1. The fourth-order valence-electron chi connectivity index (χ4n) is 1.64. The molecule has 0 spiro atoms. The van der Waals surface area contributed by atoms with Gasteiger partial charge in [-0.2, -0.15) is 0 Å².